The van der Waals surface area contributed by atoms with Crippen LogP contribution < -0.4 is 5.73 Å². The van der Waals surface area contributed by atoms with Crippen LogP contribution in [0.3, 0.4) is 0 Å². The van der Waals surface area contributed by atoms with Gasteiger partial charge in [-0.1, -0.05) is 20.8 Å². The van der Waals surface area contributed by atoms with Crippen molar-refractivity contribution in [1.29, 1.82) is 0 Å². The Morgan fingerprint density at radius 1 is 1.32 bits per heavy atom. The fraction of sp³-hybridized carbons (Fsp3) is 0.800. The molecule has 4 heteroatoms. The van der Waals surface area contributed by atoms with Crippen molar-refractivity contribution in [2.75, 3.05) is 13.1 Å². The average molecular weight is 266 g/mol. The minimum absolute atomic E-state index is 0.261. The molecule has 0 amide bonds. The third kappa shape index (κ3) is 4.32. The number of rotatable bonds is 8. The summed E-state index contributed by atoms with van der Waals surface area (Å²) in [6.45, 7) is 13.9. The summed E-state index contributed by atoms with van der Waals surface area (Å²) < 4.78 is 2.24. The molecule has 0 saturated carbocycles. The number of aromatic nitrogens is 2. The van der Waals surface area contributed by atoms with Crippen LogP contribution in [0.25, 0.3) is 0 Å². The predicted octanol–water partition coefficient (Wildman–Crippen LogP) is 2.66. The molecule has 0 aliphatic carbocycles. The lowest BCUT2D eigenvalue weighted by Crippen LogP contribution is -2.41. The fourth-order valence-electron chi connectivity index (χ4n) is 2.58. The van der Waals surface area contributed by atoms with Crippen molar-refractivity contribution in [2.24, 2.45) is 11.7 Å². The minimum atomic E-state index is 0.261. The zero-order valence-electron chi connectivity index (χ0n) is 13.1. The van der Waals surface area contributed by atoms with Crippen molar-refractivity contribution in [2.45, 2.75) is 59.7 Å². The van der Waals surface area contributed by atoms with Gasteiger partial charge in [-0.2, -0.15) is 0 Å². The highest BCUT2D eigenvalue weighted by molar-refractivity contribution is 5.07. The lowest BCUT2D eigenvalue weighted by molar-refractivity contribution is 0.133. The zero-order chi connectivity index (χ0) is 14.4. The lowest BCUT2D eigenvalue weighted by atomic mass is 10.1. The molecule has 110 valence electrons. The third-order valence-corrected chi connectivity index (χ3v) is 3.41. The van der Waals surface area contributed by atoms with E-state index in [1.807, 2.05) is 12.5 Å². The summed E-state index contributed by atoms with van der Waals surface area (Å²) in [5.41, 5.74) is 7.31. The van der Waals surface area contributed by atoms with Crippen LogP contribution in [0.2, 0.25) is 0 Å². The van der Waals surface area contributed by atoms with Crippen LogP contribution in [0.1, 0.15) is 52.8 Å². The first-order valence-corrected chi connectivity index (χ1v) is 7.47. The Kier molecular flexibility index (Phi) is 6.52. The minimum Gasteiger partial charge on any atom is -0.333 e. The maximum atomic E-state index is 6.06. The number of hydrogen-bond acceptors (Lipinski definition) is 3. The zero-order valence-corrected chi connectivity index (χ0v) is 13.1. The number of hydrogen-bond donors (Lipinski definition) is 1. The van der Waals surface area contributed by atoms with Gasteiger partial charge in [0.2, 0.25) is 0 Å². The molecule has 4 nitrogen and oxygen atoms in total. The second-order valence-corrected chi connectivity index (χ2v) is 5.95. The second-order valence-electron chi connectivity index (χ2n) is 5.95. The van der Waals surface area contributed by atoms with E-state index in [-0.39, 0.29) is 6.04 Å². The van der Waals surface area contributed by atoms with Gasteiger partial charge >= 0.3 is 0 Å². The molecule has 0 aliphatic rings. The van der Waals surface area contributed by atoms with E-state index in [4.69, 9.17) is 5.73 Å². The summed E-state index contributed by atoms with van der Waals surface area (Å²) in [5, 5.41) is 0. The highest BCUT2D eigenvalue weighted by atomic mass is 15.2. The molecule has 0 saturated heterocycles. The van der Waals surface area contributed by atoms with E-state index in [1.165, 1.54) is 5.69 Å². The largest absolute Gasteiger partial charge is 0.333 e. The van der Waals surface area contributed by atoms with Crippen LogP contribution in [0.15, 0.2) is 12.5 Å². The Bertz CT molecular complexity index is 357. The summed E-state index contributed by atoms with van der Waals surface area (Å²) in [6, 6.07) is 0.748. The van der Waals surface area contributed by atoms with Gasteiger partial charge in [0.15, 0.2) is 0 Å². The molecule has 1 heterocycles. The molecule has 0 radical (unpaired) electrons. The van der Waals surface area contributed by atoms with Crippen molar-refractivity contribution in [3.63, 3.8) is 0 Å². The van der Waals surface area contributed by atoms with Gasteiger partial charge in [0.25, 0.3) is 0 Å². The Hall–Kier alpha value is -0.870. The van der Waals surface area contributed by atoms with Gasteiger partial charge in [0, 0.05) is 31.9 Å². The van der Waals surface area contributed by atoms with Crippen LogP contribution in [0.5, 0.6) is 0 Å². The molecule has 1 aromatic rings. The van der Waals surface area contributed by atoms with Gasteiger partial charge in [-0.25, -0.2) is 4.98 Å². The van der Waals surface area contributed by atoms with Crippen molar-refractivity contribution in [3.05, 3.63) is 18.2 Å². The molecule has 1 rings (SSSR count). The summed E-state index contributed by atoms with van der Waals surface area (Å²) in [5.74, 6) is 0.638. The predicted molar refractivity (Wildman–Crippen MR) is 81.0 cm³/mol. The maximum Gasteiger partial charge on any atom is 0.0948 e. The molecule has 0 aromatic carbocycles. The van der Waals surface area contributed by atoms with Crippen LogP contribution in [0.4, 0.5) is 0 Å². The molecular formula is C15H30N4. The average Bonchev–Trinajstić information content (AvgIpc) is 2.77. The second kappa shape index (κ2) is 7.65. The first-order valence-electron chi connectivity index (χ1n) is 7.47. The number of aryl methyl sites for hydroxylation is 1. The van der Waals surface area contributed by atoms with Gasteiger partial charge in [0.05, 0.1) is 18.1 Å². The quantitative estimate of drug-likeness (QED) is 0.787. The summed E-state index contributed by atoms with van der Waals surface area (Å²) in [7, 11) is 0. The highest BCUT2D eigenvalue weighted by Crippen LogP contribution is 2.23. The summed E-state index contributed by atoms with van der Waals surface area (Å²) in [4.78, 5) is 6.81. The standard InChI is InChI=1S/C15H30N4/c1-6-7-18-11-17-9-15(18)14(8-16)19(13(4)5)10-12(2)3/h9,11-14H,6-8,10,16H2,1-5H3. The molecule has 0 fully saturated rings. The Morgan fingerprint density at radius 2 is 2.00 bits per heavy atom. The van der Waals surface area contributed by atoms with Crippen molar-refractivity contribution >= 4 is 0 Å². The van der Waals surface area contributed by atoms with Crippen molar-refractivity contribution in [1.82, 2.24) is 14.5 Å². The van der Waals surface area contributed by atoms with Gasteiger partial charge in [-0.15, -0.1) is 0 Å². The monoisotopic (exact) mass is 266 g/mol. The topological polar surface area (TPSA) is 47.1 Å². The number of imidazole rings is 1. The Balaban J connectivity index is 2.98. The van der Waals surface area contributed by atoms with Crippen LogP contribution >= 0.6 is 0 Å². The molecule has 2 N–H and O–H groups in total. The molecule has 0 bridgehead atoms. The first kappa shape index (κ1) is 16.2. The molecule has 1 atom stereocenters. The van der Waals surface area contributed by atoms with E-state index in [9.17, 15) is 0 Å². The molecule has 19 heavy (non-hydrogen) atoms. The molecule has 1 unspecified atom stereocenters. The van der Waals surface area contributed by atoms with E-state index in [0.29, 0.717) is 18.5 Å². The first-order chi connectivity index (χ1) is 9.01. The van der Waals surface area contributed by atoms with Gasteiger partial charge < -0.3 is 10.3 Å². The summed E-state index contributed by atoms with van der Waals surface area (Å²) >= 11 is 0. The number of nitrogens with two attached hydrogens (primary N) is 1. The Morgan fingerprint density at radius 3 is 2.47 bits per heavy atom. The van der Waals surface area contributed by atoms with Gasteiger partial charge in [0.1, 0.15) is 0 Å². The smallest absolute Gasteiger partial charge is 0.0948 e. The Labute approximate surface area is 118 Å². The van der Waals surface area contributed by atoms with Crippen molar-refractivity contribution < 1.29 is 0 Å². The SMILES string of the molecule is CCCn1cncc1C(CN)N(CC(C)C)C(C)C. The summed E-state index contributed by atoms with van der Waals surface area (Å²) in [6.07, 6.45) is 5.02. The van der Waals surface area contributed by atoms with E-state index >= 15 is 0 Å². The highest BCUT2D eigenvalue weighted by Gasteiger charge is 2.24. The van der Waals surface area contributed by atoms with E-state index < -0.39 is 0 Å². The van der Waals surface area contributed by atoms with Crippen molar-refractivity contribution in [3.8, 4) is 0 Å². The molecule has 1 aromatic heterocycles. The van der Waals surface area contributed by atoms with E-state index in [0.717, 1.165) is 19.5 Å². The lowest BCUT2D eigenvalue weighted by Gasteiger charge is -2.36. The van der Waals surface area contributed by atoms with Crippen LogP contribution in [-0.4, -0.2) is 33.6 Å². The van der Waals surface area contributed by atoms with E-state index in [2.05, 4.69) is 49.1 Å². The van der Waals surface area contributed by atoms with Gasteiger partial charge in [-0.3, -0.25) is 4.90 Å². The van der Waals surface area contributed by atoms with Crippen LogP contribution in [0, 0.1) is 5.92 Å². The van der Waals surface area contributed by atoms with E-state index in [1.54, 1.807) is 0 Å². The fourth-order valence-corrected chi connectivity index (χ4v) is 2.58. The molecule has 0 aliphatic heterocycles. The molecular weight excluding hydrogens is 236 g/mol. The molecule has 0 spiro atoms. The third-order valence-electron chi connectivity index (χ3n) is 3.41. The maximum absolute atomic E-state index is 6.06. The van der Waals surface area contributed by atoms with Crippen LogP contribution in [-0.2, 0) is 6.54 Å². The normalized spacial score (nSPS) is 13.7. The number of nitrogens with zero attached hydrogens (tertiary/aromatic N) is 3. The van der Waals surface area contributed by atoms with Gasteiger partial charge in [-0.05, 0) is 26.2 Å².